The second-order valence-corrected chi connectivity index (χ2v) is 5.26. The lowest BCUT2D eigenvalue weighted by atomic mass is 10.1. The first kappa shape index (κ1) is 11.5. The Kier molecular flexibility index (Phi) is 2.99. The minimum absolute atomic E-state index is 0.247. The van der Waals surface area contributed by atoms with Gasteiger partial charge in [-0.15, -0.1) is 5.10 Å². The average molecular weight is 284 g/mol. The van der Waals surface area contributed by atoms with Crippen LogP contribution in [0.3, 0.4) is 0 Å². The van der Waals surface area contributed by atoms with Crippen LogP contribution in [0.2, 0.25) is 0 Å². The molecule has 4 nitrogen and oxygen atoms in total. The lowest BCUT2D eigenvalue weighted by Crippen LogP contribution is -2.29. The molecule has 0 unspecified atom stereocenters. The van der Waals surface area contributed by atoms with E-state index in [1.807, 2.05) is 36.7 Å². The van der Waals surface area contributed by atoms with Crippen LogP contribution >= 0.6 is 15.9 Å². The number of ether oxygens (including phenoxy) is 1. The summed E-state index contributed by atoms with van der Waals surface area (Å²) in [6, 6.07) is 5.92. The van der Waals surface area contributed by atoms with E-state index in [9.17, 15) is 0 Å². The molecule has 0 radical (unpaired) electrons. The van der Waals surface area contributed by atoms with Crippen molar-refractivity contribution in [3.05, 3.63) is 22.7 Å². The van der Waals surface area contributed by atoms with Crippen molar-refractivity contribution in [1.82, 2.24) is 15.0 Å². The Bertz CT molecular complexity index is 507. The van der Waals surface area contributed by atoms with Crippen molar-refractivity contribution in [2.75, 3.05) is 7.11 Å². The average Bonchev–Trinajstić information content (AvgIpc) is 2.61. The van der Waals surface area contributed by atoms with E-state index in [1.54, 1.807) is 7.11 Å². The third kappa shape index (κ3) is 2.25. The Labute approximate surface area is 103 Å². The maximum Gasteiger partial charge on any atom is 0.113 e. The summed E-state index contributed by atoms with van der Waals surface area (Å²) < 4.78 is 8.28. The van der Waals surface area contributed by atoms with Crippen LogP contribution in [-0.4, -0.2) is 27.7 Å². The SMILES string of the molecule is COC(C)(C)Cn1nnc2ccc(Br)cc21. The normalized spacial score (nSPS) is 12.2. The molecule has 1 aromatic heterocycles. The molecule has 86 valence electrons. The maximum atomic E-state index is 5.39. The first-order chi connectivity index (χ1) is 7.52. The fourth-order valence-corrected chi connectivity index (χ4v) is 1.83. The second kappa shape index (κ2) is 4.14. The van der Waals surface area contributed by atoms with Crippen molar-refractivity contribution in [2.45, 2.75) is 26.0 Å². The first-order valence-electron chi connectivity index (χ1n) is 5.06. The van der Waals surface area contributed by atoms with Gasteiger partial charge in [0.25, 0.3) is 0 Å². The molecule has 0 spiro atoms. The van der Waals surface area contributed by atoms with Gasteiger partial charge in [0, 0.05) is 11.6 Å². The van der Waals surface area contributed by atoms with E-state index in [-0.39, 0.29) is 5.60 Å². The number of benzene rings is 1. The molecule has 0 amide bonds. The standard InChI is InChI=1S/C11H14BrN3O/c1-11(2,16-3)7-15-10-6-8(12)4-5-9(10)13-14-15/h4-6H,7H2,1-3H3. The molecule has 5 heteroatoms. The van der Waals surface area contributed by atoms with Crippen LogP contribution in [0, 0.1) is 0 Å². The zero-order valence-corrected chi connectivity index (χ0v) is 11.2. The predicted molar refractivity (Wildman–Crippen MR) is 66.3 cm³/mol. The number of rotatable bonds is 3. The Hall–Kier alpha value is -0.940. The maximum absolute atomic E-state index is 5.39. The van der Waals surface area contributed by atoms with Gasteiger partial charge >= 0.3 is 0 Å². The molecule has 0 saturated heterocycles. The topological polar surface area (TPSA) is 39.9 Å². The van der Waals surface area contributed by atoms with Gasteiger partial charge in [0.15, 0.2) is 0 Å². The Balaban J connectivity index is 2.41. The van der Waals surface area contributed by atoms with Crippen LogP contribution in [0.25, 0.3) is 11.0 Å². The summed E-state index contributed by atoms with van der Waals surface area (Å²) in [5.41, 5.74) is 1.66. The van der Waals surface area contributed by atoms with Gasteiger partial charge in [-0.3, -0.25) is 0 Å². The third-order valence-corrected chi connectivity index (χ3v) is 3.05. The highest BCUT2D eigenvalue weighted by Crippen LogP contribution is 2.20. The van der Waals surface area contributed by atoms with E-state index >= 15 is 0 Å². The van der Waals surface area contributed by atoms with Crippen LogP contribution in [0.1, 0.15) is 13.8 Å². The molecule has 2 aromatic rings. The van der Waals surface area contributed by atoms with Gasteiger partial charge in [-0.2, -0.15) is 0 Å². The Morgan fingerprint density at radius 2 is 2.19 bits per heavy atom. The van der Waals surface area contributed by atoms with Gasteiger partial charge in [-0.1, -0.05) is 21.1 Å². The van der Waals surface area contributed by atoms with Gasteiger partial charge in [-0.25, -0.2) is 4.68 Å². The molecule has 0 aliphatic carbocycles. The van der Waals surface area contributed by atoms with E-state index in [1.165, 1.54) is 0 Å². The minimum Gasteiger partial charge on any atom is -0.377 e. The molecule has 16 heavy (non-hydrogen) atoms. The van der Waals surface area contributed by atoms with E-state index in [4.69, 9.17) is 4.74 Å². The first-order valence-corrected chi connectivity index (χ1v) is 5.85. The molecule has 0 fully saturated rings. The highest BCUT2D eigenvalue weighted by molar-refractivity contribution is 9.10. The predicted octanol–water partition coefficient (Wildman–Crippen LogP) is 2.62. The summed E-state index contributed by atoms with van der Waals surface area (Å²) in [4.78, 5) is 0. The van der Waals surface area contributed by atoms with Gasteiger partial charge < -0.3 is 4.74 Å². The molecule has 0 aliphatic heterocycles. The monoisotopic (exact) mass is 283 g/mol. The minimum atomic E-state index is -0.247. The van der Waals surface area contributed by atoms with Crippen molar-refractivity contribution < 1.29 is 4.74 Å². The fraction of sp³-hybridized carbons (Fsp3) is 0.455. The number of fused-ring (bicyclic) bond motifs is 1. The molecular formula is C11H14BrN3O. The fourth-order valence-electron chi connectivity index (χ4n) is 1.48. The number of aromatic nitrogens is 3. The Morgan fingerprint density at radius 1 is 1.44 bits per heavy atom. The number of halogens is 1. The largest absolute Gasteiger partial charge is 0.377 e. The molecule has 1 heterocycles. The van der Waals surface area contributed by atoms with E-state index in [0.717, 1.165) is 15.5 Å². The molecule has 0 aliphatic rings. The molecule has 1 aromatic carbocycles. The molecule has 0 N–H and O–H groups in total. The summed E-state index contributed by atoms with van der Waals surface area (Å²) in [5.74, 6) is 0. The van der Waals surface area contributed by atoms with Crippen LogP contribution in [0.15, 0.2) is 22.7 Å². The summed E-state index contributed by atoms with van der Waals surface area (Å²) in [7, 11) is 1.70. The van der Waals surface area contributed by atoms with E-state index in [2.05, 4.69) is 26.2 Å². The van der Waals surface area contributed by atoms with Crippen molar-refractivity contribution in [3.63, 3.8) is 0 Å². The summed E-state index contributed by atoms with van der Waals surface area (Å²) in [6.07, 6.45) is 0. The summed E-state index contributed by atoms with van der Waals surface area (Å²) in [5, 5.41) is 8.25. The van der Waals surface area contributed by atoms with Gasteiger partial charge in [0.1, 0.15) is 5.52 Å². The van der Waals surface area contributed by atoms with Crippen molar-refractivity contribution in [2.24, 2.45) is 0 Å². The zero-order chi connectivity index (χ0) is 11.8. The van der Waals surface area contributed by atoms with Crippen molar-refractivity contribution in [3.8, 4) is 0 Å². The lowest BCUT2D eigenvalue weighted by Gasteiger charge is -2.22. The van der Waals surface area contributed by atoms with Gasteiger partial charge in [0.05, 0.1) is 17.7 Å². The number of hydrogen-bond donors (Lipinski definition) is 0. The summed E-state index contributed by atoms with van der Waals surface area (Å²) in [6.45, 7) is 4.73. The molecular weight excluding hydrogens is 270 g/mol. The van der Waals surface area contributed by atoms with Gasteiger partial charge in [0.2, 0.25) is 0 Å². The second-order valence-electron chi connectivity index (χ2n) is 4.34. The van der Waals surface area contributed by atoms with E-state index < -0.39 is 0 Å². The molecule has 2 rings (SSSR count). The number of hydrogen-bond acceptors (Lipinski definition) is 3. The summed E-state index contributed by atoms with van der Waals surface area (Å²) >= 11 is 3.45. The zero-order valence-electron chi connectivity index (χ0n) is 9.57. The van der Waals surface area contributed by atoms with Crippen LogP contribution in [0.5, 0.6) is 0 Å². The van der Waals surface area contributed by atoms with Crippen LogP contribution < -0.4 is 0 Å². The van der Waals surface area contributed by atoms with Crippen LogP contribution in [-0.2, 0) is 11.3 Å². The molecule has 0 bridgehead atoms. The number of nitrogens with zero attached hydrogens (tertiary/aromatic N) is 3. The lowest BCUT2D eigenvalue weighted by molar-refractivity contribution is 0.00601. The van der Waals surface area contributed by atoms with Crippen molar-refractivity contribution in [1.29, 1.82) is 0 Å². The van der Waals surface area contributed by atoms with E-state index in [0.29, 0.717) is 6.54 Å². The molecule has 0 atom stereocenters. The van der Waals surface area contributed by atoms with Crippen molar-refractivity contribution >= 4 is 27.0 Å². The smallest absolute Gasteiger partial charge is 0.113 e. The van der Waals surface area contributed by atoms with Gasteiger partial charge in [-0.05, 0) is 32.0 Å². The Morgan fingerprint density at radius 3 is 2.88 bits per heavy atom. The quantitative estimate of drug-likeness (QED) is 0.869. The highest BCUT2D eigenvalue weighted by atomic mass is 79.9. The number of methoxy groups -OCH3 is 1. The molecule has 0 saturated carbocycles. The highest BCUT2D eigenvalue weighted by Gasteiger charge is 2.19. The van der Waals surface area contributed by atoms with Crippen LogP contribution in [0.4, 0.5) is 0 Å². The third-order valence-electron chi connectivity index (χ3n) is 2.56.